The zero-order valence-electron chi connectivity index (χ0n) is 7.57. The zero-order chi connectivity index (χ0) is 10.3. The van der Waals surface area contributed by atoms with Crippen LogP contribution >= 0.6 is 0 Å². The van der Waals surface area contributed by atoms with Gasteiger partial charge in [-0.15, -0.1) is 0 Å². The number of hydrogen-bond acceptors (Lipinski definition) is 3. The first-order valence-corrected chi connectivity index (χ1v) is 4.27. The maximum absolute atomic E-state index is 11.3. The standard InChI is InChI=1S/C10H9NO3/c1-5(12)6-2-3-8-7(4-6)9(13)10(14)11-8/h2-5,12H,1H3,(H,11,13,14). The van der Waals surface area contributed by atoms with E-state index in [1.807, 2.05) is 0 Å². The van der Waals surface area contributed by atoms with Crippen LogP contribution in [-0.2, 0) is 4.79 Å². The lowest BCUT2D eigenvalue weighted by atomic mass is 10.0. The van der Waals surface area contributed by atoms with E-state index in [4.69, 9.17) is 0 Å². The van der Waals surface area contributed by atoms with Gasteiger partial charge in [0, 0.05) is 0 Å². The number of benzene rings is 1. The van der Waals surface area contributed by atoms with Crippen molar-refractivity contribution < 1.29 is 14.7 Å². The Kier molecular flexibility index (Phi) is 1.86. The molecule has 1 aromatic rings. The first-order valence-electron chi connectivity index (χ1n) is 4.27. The Balaban J connectivity index is 2.51. The molecule has 0 saturated heterocycles. The fourth-order valence-corrected chi connectivity index (χ4v) is 1.42. The van der Waals surface area contributed by atoms with Crippen molar-refractivity contribution in [2.75, 3.05) is 5.32 Å². The van der Waals surface area contributed by atoms with Gasteiger partial charge in [-0.05, 0) is 24.6 Å². The molecule has 0 aromatic heterocycles. The summed E-state index contributed by atoms with van der Waals surface area (Å²) in [7, 11) is 0. The van der Waals surface area contributed by atoms with E-state index in [9.17, 15) is 14.7 Å². The molecule has 1 aromatic carbocycles. The van der Waals surface area contributed by atoms with Crippen molar-refractivity contribution >= 4 is 17.4 Å². The SMILES string of the molecule is CC(O)c1ccc2c(c1)C(=O)C(=O)N2. The highest BCUT2D eigenvalue weighted by Gasteiger charge is 2.28. The summed E-state index contributed by atoms with van der Waals surface area (Å²) in [6.45, 7) is 1.61. The summed E-state index contributed by atoms with van der Waals surface area (Å²) in [5.74, 6) is -1.15. The fraction of sp³-hybridized carbons (Fsp3) is 0.200. The fourth-order valence-electron chi connectivity index (χ4n) is 1.42. The van der Waals surface area contributed by atoms with Crippen LogP contribution in [0.25, 0.3) is 0 Å². The molecule has 1 atom stereocenters. The van der Waals surface area contributed by atoms with Crippen molar-refractivity contribution in [1.82, 2.24) is 0 Å². The Morgan fingerprint density at radius 2 is 2.07 bits per heavy atom. The molecular weight excluding hydrogens is 182 g/mol. The summed E-state index contributed by atoms with van der Waals surface area (Å²) >= 11 is 0. The first-order chi connectivity index (χ1) is 6.59. The third kappa shape index (κ3) is 1.20. The molecule has 14 heavy (non-hydrogen) atoms. The number of anilines is 1. The molecule has 1 amide bonds. The van der Waals surface area contributed by atoms with Crippen LogP contribution in [0.15, 0.2) is 18.2 Å². The van der Waals surface area contributed by atoms with Gasteiger partial charge in [0.25, 0.3) is 11.7 Å². The molecule has 0 bridgehead atoms. The van der Waals surface area contributed by atoms with Crippen molar-refractivity contribution in [3.05, 3.63) is 29.3 Å². The number of aliphatic hydroxyl groups is 1. The highest BCUT2D eigenvalue weighted by atomic mass is 16.3. The average Bonchev–Trinajstić information content (AvgIpc) is 2.43. The lowest BCUT2D eigenvalue weighted by Crippen LogP contribution is -2.12. The number of fused-ring (bicyclic) bond motifs is 1. The average molecular weight is 191 g/mol. The Bertz CT molecular complexity index is 423. The third-order valence-corrected chi connectivity index (χ3v) is 2.23. The second-order valence-electron chi connectivity index (χ2n) is 3.26. The normalized spacial score (nSPS) is 16.4. The van der Waals surface area contributed by atoms with E-state index in [0.29, 0.717) is 16.8 Å². The number of hydrogen-bond donors (Lipinski definition) is 2. The summed E-state index contributed by atoms with van der Waals surface area (Å²) in [6, 6.07) is 4.85. The topological polar surface area (TPSA) is 66.4 Å². The minimum atomic E-state index is -0.635. The smallest absolute Gasteiger partial charge is 0.296 e. The number of carbonyl (C=O) groups excluding carboxylic acids is 2. The van der Waals surface area contributed by atoms with Gasteiger partial charge in [0.15, 0.2) is 0 Å². The molecule has 2 rings (SSSR count). The molecule has 0 spiro atoms. The molecule has 0 saturated carbocycles. The largest absolute Gasteiger partial charge is 0.389 e. The quantitative estimate of drug-likeness (QED) is 0.647. The van der Waals surface area contributed by atoms with Gasteiger partial charge in [0.2, 0.25) is 0 Å². The Hall–Kier alpha value is -1.68. The van der Waals surface area contributed by atoms with Crippen LogP contribution in [0.4, 0.5) is 5.69 Å². The van der Waals surface area contributed by atoms with Crippen molar-refractivity contribution in [2.45, 2.75) is 13.0 Å². The van der Waals surface area contributed by atoms with Crippen molar-refractivity contribution in [1.29, 1.82) is 0 Å². The van der Waals surface area contributed by atoms with E-state index in [2.05, 4.69) is 5.32 Å². The van der Waals surface area contributed by atoms with E-state index in [1.165, 1.54) is 0 Å². The molecule has 1 aliphatic heterocycles. The maximum Gasteiger partial charge on any atom is 0.296 e. The van der Waals surface area contributed by atoms with Gasteiger partial charge >= 0.3 is 0 Å². The summed E-state index contributed by atoms with van der Waals surface area (Å²) in [6.07, 6.45) is -0.635. The molecule has 4 nitrogen and oxygen atoms in total. The minimum Gasteiger partial charge on any atom is -0.389 e. The lowest BCUT2D eigenvalue weighted by molar-refractivity contribution is -0.112. The minimum absolute atomic E-state index is 0.341. The molecule has 72 valence electrons. The van der Waals surface area contributed by atoms with Crippen molar-refractivity contribution in [2.24, 2.45) is 0 Å². The Labute approximate surface area is 80.6 Å². The monoisotopic (exact) mass is 191 g/mol. The van der Waals surface area contributed by atoms with Crippen LogP contribution in [0, 0.1) is 0 Å². The maximum atomic E-state index is 11.3. The van der Waals surface area contributed by atoms with Gasteiger partial charge in [0.1, 0.15) is 0 Å². The van der Waals surface area contributed by atoms with Crippen LogP contribution in [0.5, 0.6) is 0 Å². The molecule has 1 aliphatic rings. The number of ketones is 1. The summed E-state index contributed by atoms with van der Waals surface area (Å²) in [5, 5.41) is 11.7. The first kappa shape index (κ1) is 8.90. The predicted octanol–water partition coefficient (Wildman–Crippen LogP) is 0.875. The number of nitrogens with one attached hydrogen (secondary N) is 1. The highest BCUT2D eigenvalue weighted by Crippen LogP contribution is 2.26. The van der Waals surface area contributed by atoms with E-state index >= 15 is 0 Å². The molecule has 1 unspecified atom stereocenters. The summed E-state index contributed by atoms with van der Waals surface area (Å²) in [5.41, 5.74) is 1.49. The zero-order valence-corrected chi connectivity index (χ0v) is 7.57. The summed E-state index contributed by atoms with van der Waals surface area (Å²) < 4.78 is 0. The predicted molar refractivity (Wildman–Crippen MR) is 50.0 cm³/mol. The molecule has 0 fully saturated rings. The second-order valence-corrected chi connectivity index (χ2v) is 3.26. The van der Waals surface area contributed by atoms with Crippen molar-refractivity contribution in [3.8, 4) is 0 Å². The summed E-state index contributed by atoms with van der Waals surface area (Å²) in [4.78, 5) is 22.3. The Morgan fingerprint density at radius 3 is 2.71 bits per heavy atom. The molecular formula is C10H9NO3. The Morgan fingerprint density at radius 1 is 1.36 bits per heavy atom. The second kappa shape index (κ2) is 2.92. The number of Topliss-reactive ketones (excluding diaryl/α,β-unsaturated/α-hetero) is 1. The number of aliphatic hydroxyl groups excluding tert-OH is 1. The molecule has 0 radical (unpaired) electrons. The lowest BCUT2D eigenvalue weighted by Gasteiger charge is -2.05. The molecule has 2 N–H and O–H groups in total. The van der Waals surface area contributed by atoms with Crippen LogP contribution in [0.2, 0.25) is 0 Å². The van der Waals surface area contributed by atoms with Gasteiger partial charge < -0.3 is 10.4 Å². The highest BCUT2D eigenvalue weighted by molar-refractivity contribution is 6.51. The van der Waals surface area contributed by atoms with Gasteiger partial charge in [0.05, 0.1) is 17.4 Å². The van der Waals surface area contributed by atoms with Crippen LogP contribution in [-0.4, -0.2) is 16.8 Å². The van der Waals surface area contributed by atoms with Gasteiger partial charge in [-0.25, -0.2) is 0 Å². The van der Waals surface area contributed by atoms with Gasteiger partial charge in [-0.3, -0.25) is 9.59 Å². The molecule has 0 aliphatic carbocycles. The van der Waals surface area contributed by atoms with Crippen LogP contribution in [0.1, 0.15) is 28.9 Å². The van der Waals surface area contributed by atoms with Gasteiger partial charge in [-0.1, -0.05) is 6.07 Å². The van der Waals surface area contributed by atoms with E-state index < -0.39 is 17.8 Å². The number of amides is 1. The van der Waals surface area contributed by atoms with E-state index in [-0.39, 0.29) is 0 Å². The van der Waals surface area contributed by atoms with Crippen molar-refractivity contribution in [3.63, 3.8) is 0 Å². The van der Waals surface area contributed by atoms with Gasteiger partial charge in [-0.2, -0.15) is 0 Å². The van der Waals surface area contributed by atoms with E-state index in [0.717, 1.165) is 0 Å². The molecule has 1 heterocycles. The molecule has 4 heteroatoms. The number of carbonyl (C=O) groups is 2. The third-order valence-electron chi connectivity index (χ3n) is 2.23. The number of rotatable bonds is 1. The van der Waals surface area contributed by atoms with E-state index in [1.54, 1.807) is 25.1 Å². The van der Waals surface area contributed by atoms with Crippen LogP contribution in [0.3, 0.4) is 0 Å². The van der Waals surface area contributed by atoms with Crippen LogP contribution < -0.4 is 5.32 Å².